The molecule has 0 fully saturated rings. The summed E-state index contributed by atoms with van der Waals surface area (Å²) in [5.41, 5.74) is 3.17. The lowest BCUT2D eigenvalue weighted by atomic mass is 10.1. The second kappa shape index (κ2) is 8.99. The van der Waals surface area contributed by atoms with Crippen molar-refractivity contribution in [1.82, 2.24) is 24.6 Å². The third-order valence-electron chi connectivity index (χ3n) is 5.44. The summed E-state index contributed by atoms with van der Waals surface area (Å²) < 4.78 is 29.5. The number of nitrogens with zero attached hydrogens (tertiary/aromatic N) is 4. The average Bonchev–Trinajstić information content (AvgIpc) is 3.19. The van der Waals surface area contributed by atoms with Crippen molar-refractivity contribution in [3.05, 3.63) is 77.1 Å². The van der Waals surface area contributed by atoms with Crippen LogP contribution in [-0.2, 0) is 40.9 Å². The highest BCUT2D eigenvalue weighted by atomic mass is 32.2. The molecule has 4 rings (SSSR count). The van der Waals surface area contributed by atoms with Gasteiger partial charge in [0.25, 0.3) is 0 Å². The van der Waals surface area contributed by atoms with Gasteiger partial charge in [0.1, 0.15) is 0 Å². The molecule has 1 aliphatic rings. The zero-order chi connectivity index (χ0) is 21.8. The van der Waals surface area contributed by atoms with E-state index in [1.165, 1.54) is 4.31 Å². The summed E-state index contributed by atoms with van der Waals surface area (Å²) in [6.45, 7) is 3.24. The Balaban J connectivity index is 1.41. The molecule has 162 valence electrons. The maximum Gasteiger partial charge on any atom is 0.243 e. The molecule has 9 heteroatoms. The van der Waals surface area contributed by atoms with E-state index in [-0.39, 0.29) is 18.9 Å². The van der Waals surface area contributed by atoms with E-state index in [0.29, 0.717) is 36.6 Å². The van der Waals surface area contributed by atoms with Gasteiger partial charge in [-0.1, -0.05) is 53.7 Å². The highest BCUT2D eigenvalue weighted by molar-refractivity contribution is 7.89. The summed E-state index contributed by atoms with van der Waals surface area (Å²) >= 11 is 0. The van der Waals surface area contributed by atoms with Crippen LogP contribution < -0.4 is 5.32 Å². The number of aryl methyl sites for hydroxylation is 2. The number of benzene rings is 2. The van der Waals surface area contributed by atoms with Crippen LogP contribution in [0, 0.1) is 6.92 Å². The number of carbonyl (C=O) groups excluding carboxylic acids is 1. The summed E-state index contributed by atoms with van der Waals surface area (Å²) in [5.74, 6) is -0.0780. The molecular weight excluding hydrogens is 414 g/mol. The summed E-state index contributed by atoms with van der Waals surface area (Å²) in [7, 11) is -3.62. The van der Waals surface area contributed by atoms with Crippen molar-refractivity contribution in [3.8, 4) is 0 Å². The standard InChI is InChI=1S/C22H25N5O3S/c1-17-7-5-6-10-21(17)31(29,30)26-13-14-27-20(16-26)19(24-25-27)11-12-22(28)23-15-18-8-3-2-4-9-18/h2-10H,11-16H2,1H3,(H,23,28). The Morgan fingerprint density at radius 1 is 1.06 bits per heavy atom. The largest absolute Gasteiger partial charge is 0.352 e. The van der Waals surface area contributed by atoms with Crippen molar-refractivity contribution < 1.29 is 13.2 Å². The zero-order valence-electron chi connectivity index (χ0n) is 17.4. The van der Waals surface area contributed by atoms with Crippen molar-refractivity contribution >= 4 is 15.9 Å². The number of nitrogens with one attached hydrogen (secondary N) is 1. The molecule has 8 nitrogen and oxygen atoms in total. The van der Waals surface area contributed by atoms with E-state index in [2.05, 4.69) is 15.6 Å². The second-order valence-electron chi connectivity index (χ2n) is 7.57. The minimum absolute atomic E-state index is 0.0780. The van der Waals surface area contributed by atoms with Crippen molar-refractivity contribution in [3.63, 3.8) is 0 Å². The van der Waals surface area contributed by atoms with Gasteiger partial charge >= 0.3 is 0 Å². The van der Waals surface area contributed by atoms with Gasteiger partial charge in [0.05, 0.1) is 29.4 Å². The summed E-state index contributed by atoms with van der Waals surface area (Å²) in [6, 6.07) is 16.7. The highest BCUT2D eigenvalue weighted by Crippen LogP contribution is 2.25. The maximum atomic E-state index is 13.1. The van der Waals surface area contributed by atoms with Crippen LogP contribution in [0.5, 0.6) is 0 Å². The Bertz CT molecular complexity index is 1170. The van der Waals surface area contributed by atoms with Gasteiger partial charge in [0.15, 0.2) is 0 Å². The monoisotopic (exact) mass is 439 g/mol. The first-order chi connectivity index (χ1) is 14.9. The number of rotatable bonds is 7. The molecule has 2 heterocycles. The Hall–Kier alpha value is -3.04. The number of hydrogen-bond acceptors (Lipinski definition) is 5. The highest BCUT2D eigenvalue weighted by Gasteiger charge is 2.31. The molecule has 0 saturated carbocycles. The van der Waals surface area contributed by atoms with Crippen molar-refractivity contribution in [1.29, 1.82) is 0 Å². The van der Waals surface area contributed by atoms with Crippen LogP contribution in [0.4, 0.5) is 0 Å². The molecule has 0 atom stereocenters. The molecule has 0 saturated heterocycles. The van der Waals surface area contributed by atoms with Crippen LogP contribution in [0.1, 0.15) is 28.9 Å². The molecule has 0 unspecified atom stereocenters. The van der Waals surface area contributed by atoms with Crippen LogP contribution in [-0.4, -0.2) is 40.2 Å². The fraction of sp³-hybridized carbons (Fsp3) is 0.318. The Labute approximate surface area is 181 Å². The van der Waals surface area contributed by atoms with Gasteiger partial charge < -0.3 is 5.32 Å². The number of amides is 1. The number of carbonyl (C=O) groups is 1. The molecule has 31 heavy (non-hydrogen) atoms. The van der Waals surface area contributed by atoms with Gasteiger partial charge in [-0.05, 0) is 24.1 Å². The van der Waals surface area contributed by atoms with E-state index in [1.54, 1.807) is 29.8 Å². The Kier molecular flexibility index (Phi) is 6.15. The lowest BCUT2D eigenvalue weighted by molar-refractivity contribution is -0.121. The molecule has 1 N–H and O–H groups in total. The van der Waals surface area contributed by atoms with Crippen LogP contribution in [0.25, 0.3) is 0 Å². The average molecular weight is 440 g/mol. The summed E-state index contributed by atoms with van der Waals surface area (Å²) in [5, 5.41) is 11.3. The first-order valence-electron chi connectivity index (χ1n) is 10.2. The van der Waals surface area contributed by atoms with Gasteiger partial charge in [-0.2, -0.15) is 4.31 Å². The molecule has 1 aliphatic heterocycles. The molecule has 0 radical (unpaired) electrons. The van der Waals surface area contributed by atoms with E-state index in [1.807, 2.05) is 36.4 Å². The van der Waals surface area contributed by atoms with Gasteiger partial charge in [0.2, 0.25) is 15.9 Å². The number of hydrogen-bond donors (Lipinski definition) is 1. The molecule has 2 aromatic carbocycles. The Morgan fingerprint density at radius 3 is 2.58 bits per heavy atom. The van der Waals surface area contributed by atoms with E-state index >= 15 is 0 Å². The van der Waals surface area contributed by atoms with Gasteiger partial charge in [-0.25, -0.2) is 13.1 Å². The SMILES string of the molecule is Cc1ccccc1S(=O)(=O)N1CCn2nnc(CCC(=O)NCc3ccccc3)c2C1. The fourth-order valence-corrected chi connectivity index (χ4v) is 5.29. The third kappa shape index (κ3) is 4.67. The van der Waals surface area contributed by atoms with Gasteiger partial charge in [0, 0.05) is 25.9 Å². The second-order valence-corrected chi connectivity index (χ2v) is 9.48. The lowest BCUT2D eigenvalue weighted by Crippen LogP contribution is -2.39. The number of fused-ring (bicyclic) bond motifs is 1. The molecular formula is C22H25N5O3S. The van der Waals surface area contributed by atoms with Crippen molar-refractivity contribution in [2.75, 3.05) is 6.54 Å². The van der Waals surface area contributed by atoms with E-state index in [4.69, 9.17) is 0 Å². The Morgan fingerprint density at radius 2 is 1.81 bits per heavy atom. The molecule has 0 aliphatic carbocycles. The minimum Gasteiger partial charge on any atom is -0.352 e. The maximum absolute atomic E-state index is 13.1. The topological polar surface area (TPSA) is 97.2 Å². The zero-order valence-corrected chi connectivity index (χ0v) is 18.2. The van der Waals surface area contributed by atoms with Gasteiger partial charge in [-0.15, -0.1) is 5.10 Å². The van der Waals surface area contributed by atoms with E-state index in [9.17, 15) is 13.2 Å². The first kappa shape index (κ1) is 21.2. The predicted molar refractivity (Wildman–Crippen MR) is 115 cm³/mol. The summed E-state index contributed by atoms with van der Waals surface area (Å²) in [4.78, 5) is 12.6. The molecule has 0 bridgehead atoms. The summed E-state index contributed by atoms with van der Waals surface area (Å²) in [6.07, 6.45) is 0.678. The van der Waals surface area contributed by atoms with Crippen LogP contribution in [0.15, 0.2) is 59.5 Å². The number of aromatic nitrogens is 3. The van der Waals surface area contributed by atoms with E-state index < -0.39 is 10.0 Å². The number of sulfonamides is 1. The minimum atomic E-state index is -3.62. The van der Waals surface area contributed by atoms with E-state index in [0.717, 1.165) is 16.8 Å². The molecule has 1 amide bonds. The molecule has 0 spiro atoms. The van der Waals surface area contributed by atoms with Crippen molar-refractivity contribution in [2.45, 2.75) is 44.3 Å². The smallest absolute Gasteiger partial charge is 0.243 e. The third-order valence-corrected chi connectivity index (χ3v) is 7.44. The predicted octanol–water partition coefficient (Wildman–Crippen LogP) is 2.04. The quantitative estimate of drug-likeness (QED) is 0.608. The first-order valence-corrected chi connectivity index (χ1v) is 11.7. The van der Waals surface area contributed by atoms with Crippen LogP contribution >= 0.6 is 0 Å². The van der Waals surface area contributed by atoms with Crippen LogP contribution in [0.2, 0.25) is 0 Å². The fourth-order valence-electron chi connectivity index (χ4n) is 3.67. The van der Waals surface area contributed by atoms with Crippen molar-refractivity contribution in [2.24, 2.45) is 0 Å². The van der Waals surface area contributed by atoms with Gasteiger partial charge in [-0.3, -0.25) is 4.79 Å². The lowest BCUT2D eigenvalue weighted by Gasteiger charge is -2.27. The molecule has 3 aromatic rings. The molecule has 1 aromatic heterocycles. The normalized spacial score (nSPS) is 14.2. The van der Waals surface area contributed by atoms with Crippen LogP contribution in [0.3, 0.4) is 0 Å².